The molecule has 0 saturated carbocycles. The fourth-order valence-electron chi connectivity index (χ4n) is 2.92. The third-order valence-corrected chi connectivity index (χ3v) is 4.48. The van der Waals surface area contributed by atoms with Crippen molar-refractivity contribution < 1.29 is 9.47 Å². The summed E-state index contributed by atoms with van der Waals surface area (Å²) in [6, 6.07) is 0. The maximum absolute atomic E-state index is 5.69. The van der Waals surface area contributed by atoms with Gasteiger partial charge in [-0.05, 0) is 40.0 Å². The molecule has 0 bridgehead atoms. The average molecular weight is 479 g/mol. The molecule has 2 rings (SSSR count). The SMILES string of the molecule is CCNC(=NCc1c(C)nn(C)c1C)NCCCOCC1CCCO1.I. The molecular formula is C18H34IN5O2. The highest BCUT2D eigenvalue weighted by molar-refractivity contribution is 14.0. The fraction of sp³-hybridized carbons (Fsp3) is 0.778. The molecule has 8 heteroatoms. The highest BCUT2D eigenvalue weighted by Crippen LogP contribution is 2.13. The van der Waals surface area contributed by atoms with E-state index in [1.54, 1.807) is 0 Å². The first kappa shape index (κ1) is 23.2. The van der Waals surface area contributed by atoms with E-state index in [1.165, 1.54) is 11.3 Å². The van der Waals surface area contributed by atoms with Gasteiger partial charge in [0.05, 0.1) is 24.9 Å². The lowest BCUT2D eigenvalue weighted by molar-refractivity contribution is 0.0168. The Balaban J connectivity index is 0.00000338. The van der Waals surface area contributed by atoms with Crippen LogP contribution in [0.1, 0.15) is 43.1 Å². The van der Waals surface area contributed by atoms with Crippen molar-refractivity contribution in [3.05, 3.63) is 17.0 Å². The first-order valence-electron chi connectivity index (χ1n) is 9.32. The van der Waals surface area contributed by atoms with Crippen molar-refractivity contribution in [1.29, 1.82) is 0 Å². The number of hydrogen-bond donors (Lipinski definition) is 2. The molecule has 1 aliphatic rings. The van der Waals surface area contributed by atoms with Crippen molar-refractivity contribution in [1.82, 2.24) is 20.4 Å². The standard InChI is InChI=1S/C18H33N5O2.HI/c1-5-19-18(21-12-17-14(2)22-23(4)15(17)3)20-9-7-10-24-13-16-8-6-11-25-16;/h16H,5-13H2,1-4H3,(H2,19,20,21);1H. The molecule has 0 spiro atoms. The average Bonchev–Trinajstić information content (AvgIpc) is 3.18. The lowest BCUT2D eigenvalue weighted by Crippen LogP contribution is -2.38. The van der Waals surface area contributed by atoms with Crippen LogP contribution < -0.4 is 10.6 Å². The predicted molar refractivity (Wildman–Crippen MR) is 115 cm³/mol. The molecule has 1 aliphatic heterocycles. The van der Waals surface area contributed by atoms with Crippen LogP contribution in [0.25, 0.3) is 0 Å². The van der Waals surface area contributed by atoms with Crippen LogP contribution in [0.15, 0.2) is 4.99 Å². The smallest absolute Gasteiger partial charge is 0.191 e. The zero-order valence-electron chi connectivity index (χ0n) is 16.5. The summed E-state index contributed by atoms with van der Waals surface area (Å²) >= 11 is 0. The number of hydrogen-bond acceptors (Lipinski definition) is 4. The summed E-state index contributed by atoms with van der Waals surface area (Å²) in [5.41, 5.74) is 3.40. The maximum Gasteiger partial charge on any atom is 0.191 e. The Morgan fingerprint density at radius 1 is 1.38 bits per heavy atom. The molecular weight excluding hydrogens is 445 g/mol. The lowest BCUT2D eigenvalue weighted by atomic mass is 10.2. The monoisotopic (exact) mass is 479 g/mol. The third-order valence-electron chi connectivity index (χ3n) is 4.48. The quantitative estimate of drug-likeness (QED) is 0.246. The topological polar surface area (TPSA) is 72.7 Å². The van der Waals surface area contributed by atoms with Gasteiger partial charge in [0.1, 0.15) is 0 Å². The Hall–Kier alpha value is -0.870. The second-order valence-corrected chi connectivity index (χ2v) is 6.46. The largest absolute Gasteiger partial charge is 0.379 e. The van der Waals surface area contributed by atoms with Gasteiger partial charge in [0.25, 0.3) is 0 Å². The predicted octanol–water partition coefficient (Wildman–Crippen LogP) is 2.30. The van der Waals surface area contributed by atoms with Crippen molar-refractivity contribution in [2.75, 3.05) is 32.9 Å². The summed E-state index contributed by atoms with van der Waals surface area (Å²) in [5, 5.41) is 11.1. The minimum Gasteiger partial charge on any atom is -0.379 e. The van der Waals surface area contributed by atoms with Crippen LogP contribution in [0.3, 0.4) is 0 Å². The van der Waals surface area contributed by atoms with E-state index < -0.39 is 0 Å². The Morgan fingerprint density at radius 3 is 2.81 bits per heavy atom. The molecule has 0 aliphatic carbocycles. The number of rotatable bonds is 9. The fourth-order valence-corrected chi connectivity index (χ4v) is 2.92. The molecule has 0 radical (unpaired) electrons. The van der Waals surface area contributed by atoms with Crippen LogP contribution >= 0.6 is 24.0 Å². The zero-order chi connectivity index (χ0) is 18.1. The Labute approximate surface area is 174 Å². The van der Waals surface area contributed by atoms with Gasteiger partial charge in [-0.15, -0.1) is 24.0 Å². The van der Waals surface area contributed by atoms with Gasteiger partial charge in [-0.25, -0.2) is 4.99 Å². The van der Waals surface area contributed by atoms with E-state index in [2.05, 4.69) is 34.6 Å². The number of ether oxygens (including phenoxy) is 2. The number of halogens is 1. The minimum atomic E-state index is 0. The van der Waals surface area contributed by atoms with Gasteiger partial charge in [-0.2, -0.15) is 5.10 Å². The van der Waals surface area contributed by atoms with E-state index >= 15 is 0 Å². The van der Waals surface area contributed by atoms with Crippen molar-refractivity contribution in [2.45, 2.75) is 52.7 Å². The summed E-state index contributed by atoms with van der Waals surface area (Å²) < 4.78 is 13.1. The number of aliphatic imine (C=N–C) groups is 1. The van der Waals surface area contributed by atoms with Gasteiger partial charge in [0.15, 0.2) is 5.96 Å². The Morgan fingerprint density at radius 2 is 2.19 bits per heavy atom. The van der Waals surface area contributed by atoms with E-state index in [-0.39, 0.29) is 24.0 Å². The molecule has 1 fully saturated rings. The van der Waals surface area contributed by atoms with Crippen molar-refractivity contribution in [3.63, 3.8) is 0 Å². The van der Waals surface area contributed by atoms with Gasteiger partial charge in [-0.3, -0.25) is 4.68 Å². The molecule has 0 aromatic carbocycles. The number of aromatic nitrogens is 2. The minimum absolute atomic E-state index is 0. The van der Waals surface area contributed by atoms with E-state index in [0.29, 0.717) is 19.3 Å². The van der Waals surface area contributed by atoms with E-state index in [1.807, 2.05) is 18.7 Å². The first-order chi connectivity index (χ1) is 12.1. The number of guanidine groups is 1. The van der Waals surface area contributed by atoms with Crippen LogP contribution in [-0.2, 0) is 23.1 Å². The van der Waals surface area contributed by atoms with Gasteiger partial charge in [0, 0.05) is 44.6 Å². The van der Waals surface area contributed by atoms with Crippen molar-refractivity contribution >= 4 is 29.9 Å². The normalized spacial score (nSPS) is 17.2. The zero-order valence-corrected chi connectivity index (χ0v) is 18.8. The molecule has 26 heavy (non-hydrogen) atoms. The number of nitrogens with one attached hydrogen (secondary N) is 2. The number of nitrogens with zero attached hydrogens (tertiary/aromatic N) is 3. The molecule has 150 valence electrons. The van der Waals surface area contributed by atoms with E-state index in [4.69, 9.17) is 9.47 Å². The summed E-state index contributed by atoms with van der Waals surface area (Å²) in [7, 11) is 1.97. The second-order valence-electron chi connectivity index (χ2n) is 6.46. The van der Waals surface area contributed by atoms with Gasteiger partial charge < -0.3 is 20.1 Å². The summed E-state index contributed by atoms with van der Waals surface area (Å²) in [6.07, 6.45) is 3.54. The van der Waals surface area contributed by atoms with Crippen molar-refractivity contribution in [3.8, 4) is 0 Å². The van der Waals surface area contributed by atoms with Crippen LogP contribution in [0.2, 0.25) is 0 Å². The summed E-state index contributed by atoms with van der Waals surface area (Å²) in [5.74, 6) is 0.837. The van der Waals surface area contributed by atoms with Crippen LogP contribution in [0.4, 0.5) is 0 Å². The molecule has 2 heterocycles. The van der Waals surface area contributed by atoms with Crippen LogP contribution in [0.5, 0.6) is 0 Å². The molecule has 2 N–H and O–H groups in total. The molecule has 1 aromatic heterocycles. The highest BCUT2D eigenvalue weighted by Gasteiger charge is 2.15. The Bertz CT molecular complexity index is 556. The van der Waals surface area contributed by atoms with Crippen LogP contribution in [0, 0.1) is 13.8 Å². The van der Waals surface area contributed by atoms with E-state index in [9.17, 15) is 0 Å². The summed E-state index contributed by atoms with van der Waals surface area (Å²) in [6.45, 7) is 10.8. The molecule has 0 amide bonds. The summed E-state index contributed by atoms with van der Waals surface area (Å²) in [4.78, 5) is 4.68. The molecule has 1 saturated heterocycles. The Kier molecular flexibility index (Phi) is 11.1. The first-order valence-corrected chi connectivity index (χ1v) is 9.32. The van der Waals surface area contributed by atoms with E-state index in [0.717, 1.165) is 57.2 Å². The third kappa shape index (κ3) is 7.40. The highest BCUT2D eigenvalue weighted by atomic mass is 127. The van der Waals surface area contributed by atoms with Crippen molar-refractivity contribution in [2.24, 2.45) is 12.0 Å². The second kappa shape index (κ2) is 12.5. The number of aryl methyl sites for hydroxylation is 2. The van der Waals surface area contributed by atoms with Gasteiger partial charge in [-0.1, -0.05) is 0 Å². The van der Waals surface area contributed by atoms with Gasteiger partial charge >= 0.3 is 0 Å². The molecule has 1 atom stereocenters. The molecule has 1 unspecified atom stereocenters. The van der Waals surface area contributed by atoms with Gasteiger partial charge in [0.2, 0.25) is 0 Å². The maximum atomic E-state index is 5.69. The van der Waals surface area contributed by atoms with Crippen LogP contribution in [-0.4, -0.2) is 54.8 Å². The molecule has 7 nitrogen and oxygen atoms in total. The molecule has 1 aromatic rings. The lowest BCUT2D eigenvalue weighted by Gasteiger charge is -2.12.